The van der Waals surface area contributed by atoms with Crippen LogP contribution in [0.4, 0.5) is 4.79 Å². The molecule has 0 aliphatic carbocycles. The van der Waals surface area contributed by atoms with Crippen LogP contribution in [-0.2, 0) is 20.0 Å². The molecule has 1 aliphatic rings. The molecular formula is C20H21N3O4. The summed E-state index contributed by atoms with van der Waals surface area (Å²) in [5.74, 6) is -1.31. The van der Waals surface area contributed by atoms with E-state index < -0.39 is 23.4 Å². The van der Waals surface area contributed by atoms with Crippen molar-refractivity contribution in [3.63, 3.8) is 0 Å². The van der Waals surface area contributed by atoms with E-state index in [-0.39, 0.29) is 6.54 Å². The summed E-state index contributed by atoms with van der Waals surface area (Å²) in [6.45, 7) is -0.0511. The number of rotatable bonds is 5. The normalized spacial score (nSPS) is 16.1. The molecule has 0 atom stereocenters. The van der Waals surface area contributed by atoms with Gasteiger partial charge in [0.15, 0.2) is 5.54 Å². The number of hydroxylamine groups is 2. The number of hydrogen-bond donors (Lipinski definition) is 0. The van der Waals surface area contributed by atoms with Gasteiger partial charge in [0.05, 0.1) is 6.54 Å². The van der Waals surface area contributed by atoms with Crippen LogP contribution in [0.3, 0.4) is 0 Å². The SMILES string of the molecule is CN(C)CC(=O)ON1C(=O)N(C)C(c2ccccc2)(c2ccccc2)C1=O. The van der Waals surface area contributed by atoms with Crippen LogP contribution in [-0.4, -0.2) is 60.5 Å². The molecule has 27 heavy (non-hydrogen) atoms. The van der Waals surface area contributed by atoms with E-state index in [1.54, 1.807) is 67.5 Å². The minimum absolute atomic E-state index is 0.0511. The van der Waals surface area contributed by atoms with Crippen LogP contribution in [0.25, 0.3) is 0 Å². The zero-order valence-corrected chi connectivity index (χ0v) is 15.5. The highest BCUT2D eigenvalue weighted by atomic mass is 16.7. The molecule has 0 saturated carbocycles. The van der Waals surface area contributed by atoms with Gasteiger partial charge in [-0.15, -0.1) is 0 Å². The number of carbonyl (C=O) groups excluding carboxylic acids is 3. The number of imide groups is 1. The number of hydrogen-bond acceptors (Lipinski definition) is 5. The van der Waals surface area contributed by atoms with Gasteiger partial charge in [-0.1, -0.05) is 65.7 Å². The van der Waals surface area contributed by atoms with Crippen LogP contribution in [0, 0.1) is 0 Å². The molecule has 2 aromatic carbocycles. The summed E-state index contributed by atoms with van der Waals surface area (Å²) in [6, 6.07) is 17.3. The summed E-state index contributed by atoms with van der Waals surface area (Å²) in [6.07, 6.45) is 0. The Balaban J connectivity index is 2.10. The highest BCUT2D eigenvalue weighted by Gasteiger charge is 2.60. The summed E-state index contributed by atoms with van der Waals surface area (Å²) in [5.41, 5.74) is -0.177. The second-order valence-electron chi connectivity index (χ2n) is 6.58. The average molecular weight is 367 g/mol. The maximum Gasteiger partial charge on any atom is 0.362 e. The van der Waals surface area contributed by atoms with Crippen LogP contribution < -0.4 is 0 Å². The van der Waals surface area contributed by atoms with Gasteiger partial charge in [-0.3, -0.25) is 9.69 Å². The average Bonchev–Trinajstić information content (AvgIpc) is 2.84. The van der Waals surface area contributed by atoms with Crippen LogP contribution in [0.1, 0.15) is 11.1 Å². The molecule has 0 N–H and O–H groups in total. The van der Waals surface area contributed by atoms with Crippen molar-refractivity contribution in [1.29, 1.82) is 0 Å². The van der Waals surface area contributed by atoms with Crippen LogP contribution >= 0.6 is 0 Å². The highest BCUT2D eigenvalue weighted by Crippen LogP contribution is 2.42. The number of nitrogens with zero attached hydrogens (tertiary/aromatic N) is 3. The van der Waals surface area contributed by atoms with E-state index in [1.807, 2.05) is 12.1 Å². The van der Waals surface area contributed by atoms with Crippen molar-refractivity contribution in [2.45, 2.75) is 5.54 Å². The van der Waals surface area contributed by atoms with Gasteiger partial charge in [0.1, 0.15) is 0 Å². The topological polar surface area (TPSA) is 70.2 Å². The Morgan fingerprint density at radius 2 is 1.44 bits per heavy atom. The van der Waals surface area contributed by atoms with Gasteiger partial charge in [-0.2, -0.15) is 0 Å². The maximum atomic E-state index is 13.4. The molecule has 0 bridgehead atoms. The lowest BCUT2D eigenvalue weighted by Gasteiger charge is -2.33. The molecule has 7 heteroatoms. The Morgan fingerprint density at radius 1 is 0.963 bits per heavy atom. The largest absolute Gasteiger partial charge is 0.362 e. The van der Waals surface area contributed by atoms with Crippen molar-refractivity contribution >= 4 is 17.9 Å². The van der Waals surface area contributed by atoms with Crippen molar-refractivity contribution in [3.05, 3.63) is 71.8 Å². The van der Waals surface area contributed by atoms with Crippen molar-refractivity contribution in [2.75, 3.05) is 27.7 Å². The number of likely N-dealkylation sites (N-methyl/N-ethyl adjacent to an activating group) is 2. The molecule has 3 rings (SSSR count). The molecule has 3 amide bonds. The van der Waals surface area contributed by atoms with E-state index in [0.717, 1.165) is 0 Å². The maximum absolute atomic E-state index is 13.4. The van der Waals surface area contributed by atoms with Gasteiger partial charge >= 0.3 is 12.0 Å². The molecule has 0 unspecified atom stereocenters. The lowest BCUT2D eigenvalue weighted by atomic mass is 9.82. The smallest absolute Gasteiger partial charge is 0.327 e. The van der Waals surface area contributed by atoms with Crippen molar-refractivity contribution in [2.24, 2.45) is 0 Å². The Bertz CT molecular complexity index is 813. The second-order valence-corrected chi connectivity index (χ2v) is 6.58. The molecule has 0 aromatic heterocycles. The van der Waals surface area contributed by atoms with E-state index in [9.17, 15) is 14.4 Å². The highest BCUT2D eigenvalue weighted by molar-refractivity contribution is 6.09. The predicted molar refractivity (Wildman–Crippen MR) is 98.3 cm³/mol. The van der Waals surface area contributed by atoms with Gasteiger partial charge in [0.25, 0.3) is 5.91 Å². The van der Waals surface area contributed by atoms with E-state index in [1.165, 1.54) is 11.9 Å². The fraction of sp³-hybridized carbons (Fsp3) is 0.250. The Kier molecular flexibility index (Phi) is 4.96. The first-order valence-corrected chi connectivity index (χ1v) is 8.48. The summed E-state index contributed by atoms with van der Waals surface area (Å²) < 4.78 is 0. The lowest BCUT2D eigenvalue weighted by Crippen LogP contribution is -2.46. The number of carbonyl (C=O) groups is 3. The first kappa shape index (κ1) is 18.6. The third-order valence-electron chi connectivity index (χ3n) is 4.48. The van der Waals surface area contributed by atoms with Crippen LogP contribution in [0.5, 0.6) is 0 Å². The summed E-state index contributed by atoms with van der Waals surface area (Å²) in [5, 5.41) is 0.561. The summed E-state index contributed by atoms with van der Waals surface area (Å²) in [7, 11) is 4.92. The minimum Gasteiger partial charge on any atom is -0.327 e. The molecule has 0 spiro atoms. The van der Waals surface area contributed by atoms with Gasteiger partial charge in [-0.05, 0) is 25.2 Å². The van der Waals surface area contributed by atoms with Crippen molar-refractivity contribution in [1.82, 2.24) is 14.9 Å². The Hall–Kier alpha value is -3.19. The van der Waals surface area contributed by atoms with E-state index >= 15 is 0 Å². The summed E-state index contributed by atoms with van der Waals surface area (Å²) in [4.78, 5) is 46.4. The number of benzene rings is 2. The number of urea groups is 1. The molecule has 1 aliphatic heterocycles. The predicted octanol–water partition coefficient (Wildman–Crippen LogP) is 1.84. The molecule has 1 fully saturated rings. The lowest BCUT2D eigenvalue weighted by molar-refractivity contribution is -0.184. The minimum atomic E-state index is -1.40. The van der Waals surface area contributed by atoms with Crippen molar-refractivity contribution < 1.29 is 19.2 Å². The third kappa shape index (κ3) is 3.06. The first-order chi connectivity index (χ1) is 12.9. The van der Waals surface area contributed by atoms with Gasteiger partial charge in [-0.25, -0.2) is 9.59 Å². The first-order valence-electron chi connectivity index (χ1n) is 8.48. The molecule has 2 aromatic rings. The molecular weight excluding hydrogens is 346 g/mol. The number of amides is 3. The molecule has 140 valence electrons. The van der Waals surface area contributed by atoms with E-state index in [2.05, 4.69) is 0 Å². The fourth-order valence-corrected chi connectivity index (χ4v) is 3.29. The molecule has 0 radical (unpaired) electrons. The quantitative estimate of drug-likeness (QED) is 0.755. The van der Waals surface area contributed by atoms with Gasteiger partial charge < -0.3 is 9.74 Å². The zero-order chi connectivity index (χ0) is 19.6. The van der Waals surface area contributed by atoms with Gasteiger partial charge in [0.2, 0.25) is 0 Å². The van der Waals surface area contributed by atoms with Crippen LogP contribution in [0.2, 0.25) is 0 Å². The fourth-order valence-electron chi connectivity index (χ4n) is 3.29. The van der Waals surface area contributed by atoms with Crippen LogP contribution in [0.15, 0.2) is 60.7 Å². The standard InChI is InChI=1S/C20H21N3O4/c1-21(2)14-17(24)27-23-18(25)20(22(3)19(23)26,15-10-6-4-7-11-15)16-12-8-5-9-13-16/h4-13H,14H2,1-3H3. The van der Waals surface area contributed by atoms with Crippen molar-refractivity contribution in [3.8, 4) is 0 Å². The Labute approximate surface area is 157 Å². The second kappa shape index (κ2) is 7.20. The Morgan fingerprint density at radius 3 is 1.89 bits per heavy atom. The van der Waals surface area contributed by atoms with Gasteiger partial charge in [0, 0.05) is 7.05 Å². The van der Waals surface area contributed by atoms with E-state index in [4.69, 9.17) is 4.84 Å². The zero-order valence-electron chi connectivity index (χ0n) is 15.5. The third-order valence-corrected chi connectivity index (χ3v) is 4.48. The molecule has 7 nitrogen and oxygen atoms in total. The van der Waals surface area contributed by atoms with E-state index in [0.29, 0.717) is 16.2 Å². The monoisotopic (exact) mass is 367 g/mol. The summed E-state index contributed by atoms with van der Waals surface area (Å²) >= 11 is 0. The molecule has 1 saturated heterocycles. The molecule has 1 heterocycles.